The van der Waals surface area contributed by atoms with Gasteiger partial charge >= 0.3 is 17.8 Å². The van der Waals surface area contributed by atoms with Crippen molar-refractivity contribution < 1.29 is 51.4 Å². The standard InChI is InChI=1S/C30H33F4N3O7/c1-29(2,3)16-7-5-6-8-19(16)35-26(41)27(42)37-11-9-30(4,10-12-37)28(43)36-20(14-22(39)40)21(38)15-44-25-23(33)17(31)13-18(32)24(25)34/h5-8,13,20H,9-12,14-15H2,1-4H3,(H,35,41)(H,36,43)(H,39,40)/t20-/m0/s1. The Labute approximate surface area is 250 Å². The normalized spacial score (nSPS) is 15.2. The van der Waals surface area contributed by atoms with Crippen LogP contribution >= 0.6 is 0 Å². The lowest BCUT2D eigenvalue weighted by atomic mass is 9.79. The number of carbonyl (C=O) groups excluding carboxylic acids is 4. The number of hydrogen-bond acceptors (Lipinski definition) is 6. The molecule has 1 heterocycles. The Balaban J connectivity index is 1.63. The number of piperidine rings is 1. The van der Waals surface area contributed by atoms with Gasteiger partial charge in [-0.3, -0.25) is 24.0 Å². The van der Waals surface area contributed by atoms with Gasteiger partial charge in [-0.15, -0.1) is 0 Å². The third-order valence-corrected chi connectivity index (χ3v) is 7.38. The van der Waals surface area contributed by atoms with Crippen LogP contribution in [0.15, 0.2) is 30.3 Å². The van der Waals surface area contributed by atoms with E-state index in [9.17, 15) is 46.6 Å². The van der Waals surface area contributed by atoms with E-state index < -0.39 is 83.0 Å². The van der Waals surface area contributed by atoms with Crippen LogP contribution in [0.3, 0.4) is 0 Å². The molecule has 44 heavy (non-hydrogen) atoms. The number of ether oxygens (including phenoxy) is 1. The molecule has 0 radical (unpaired) electrons. The van der Waals surface area contributed by atoms with E-state index in [1.807, 2.05) is 32.9 Å². The summed E-state index contributed by atoms with van der Waals surface area (Å²) >= 11 is 0. The number of para-hydroxylation sites is 1. The maximum absolute atomic E-state index is 13.9. The van der Waals surface area contributed by atoms with Crippen molar-refractivity contribution in [3.63, 3.8) is 0 Å². The number of anilines is 1. The number of ketones is 1. The van der Waals surface area contributed by atoms with E-state index in [0.717, 1.165) is 5.56 Å². The second-order valence-corrected chi connectivity index (χ2v) is 11.8. The number of amides is 3. The van der Waals surface area contributed by atoms with Crippen molar-refractivity contribution in [1.82, 2.24) is 10.2 Å². The highest BCUT2D eigenvalue weighted by Gasteiger charge is 2.41. The summed E-state index contributed by atoms with van der Waals surface area (Å²) in [7, 11) is 0. The first-order valence-electron chi connectivity index (χ1n) is 13.7. The van der Waals surface area contributed by atoms with Crippen LogP contribution in [-0.4, -0.2) is 65.2 Å². The first-order valence-corrected chi connectivity index (χ1v) is 13.7. The third-order valence-electron chi connectivity index (χ3n) is 7.38. The molecule has 0 spiro atoms. The van der Waals surface area contributed by atoms with Crippen molar-refractivity contribution in [3.8, 4) is 5.75 Å². The van der Waals surface area contributed by atoms with Gasteiger partial charge in [-0.2, -0.15) is 8.78 Å². The summed E-state index contributed by atoms with van der Waals surface area (Å²) in [5, 5.41) is 14.2. The molecule has 2 aromatic carbocycles. The van der Waals surface area contributed by atoms with Crippen LogP contribution in [0, 0.1) is 28.7 Å². The summed E-state index contributed by atoms with van der Waals surface area (Å²) in [6.45, 7) is 6.21. The molecule has 1 aliphatic heterocycles. The Morgan fingerprint density at radius 3 is 2.11 bits per heavy atom. The Bertz CT molecular complexity index is 1440. The summed E-state index contributed by atoms with van der Waals surface area (Å²) in [6, 6.07) is 5.32. The van der Waals surface area contributed by atoms with E-state index in [1.165, 1.54) is 11.8 Å². The predicted octanol–water partition coefficient (Wildman–Crippen LogP) is 3.72. The van der Waals surface area contributed by atoms with Gasteiger partial charge in [-0.25, -0.2) is 8.78 Å². The fourth-order valence-corrected chi connectivity index (χ4v) is 4.67. The van der Waals surface area contributed by atoms with E-state index in [0.29, 0.717) is 5.69 Å². The summed E-state index contributed by atoms with van der Waals surface area (Å²) in [5.41, 5.74) is -0.166. The average Bonchev–Trinajstić information content (AvgIpc) is 2.95. The smallest absolute Gasteiger partial charge is 0.313 e. The predicted molar refractivity (Wildman–Crippen MR) is 149 cm³/mol. The van der Waals surface area contributed by atoms with Gasteiger partial charge in [0.1, 0.15) is 12.6 Å². The van der Waals surface area contributed by atoms with Gasteiger partial charge in [0.15, 0.2) is 23.2 Å². The minimum absolute atomic E-state index is 0.00142. The number of hydrogen-bond donors (Lipinski definition) is 3. The molecular weight excluding hydrogens is 590 g/mol. The number of Topliss-reactive ketones (excluding diaryl/α,β-unsaturated/α-hetero) is 1. The van der Waals surface area contributed by atoms with Gasteiger partial charge in [0.05, 0.1) is 6.42 Å². The number of likely N-dealkylation sites (tertiary alicyclic amines) is 1. The number of nitrogens with one attached hydrogen (secondary N) is 2. The second-order valence-electron chi connectivity index (χ2n) is 11.8. The van der Waals surface area contributed by atoms with E-state index in [-0.39, 0.29) is 37.4 Å². The molecule has 3 N–H and O–H groups in total. The average molecular weight is 624 g/mol. The van der Waals surface area contributed by atoms with Gasteiger partial charge in [0, 0.05) is 30.3 Å². The lowest BCUT2D eigenvalue weighted by molar-refractivity contribution is -0.147. The number of nitrogens with zero attached hydrogens (tertiary/aromatic N) is 1. The zero-order chi connectivity index (χ0) is 33.0. The fraction of sp³-hybridized carbons (Fsp3) is 0.433. The minimum Gasteiger partial charge on any atom is -0.481 e. The minimum atomic E-state index is -1.89. The molecule has 2 aromatic rings. The van der Waals surface area contributed by atoms with Gasteiger partial charge in [0.25, 0.3) is 0 Å². The first kappa shape index (κ1) is 34.0. The van der Waals surface area contributed by atoms with Crippen molar-refractivity contribution in [2.24, 2.45) is 5.41 Å². The Morgan fingerprint density at radius 1 is 1.00 bits per heavy atom. The summed E-state index contributed by atoms with van der Waals surface area (Å²) in [4.78, 5) is 64.2. The number of carboxylic acids is 1. The third kappa shape index (κ3) is 7.91. The van der Waals surface area contributed by atoms with Crippen molar-refractivity contribution in [2.75, 3.05) is 25.0 Å². The second kappa shape index (κ2) is 13.4. The molecule has 1 saturated heterocycles. The molecule has 1 atom stereocenters. The molecule has 1 aliphatic rings. The number of carbonyl (C=O) groups is 5. The largest absolute Gasteiger partial charge is 0.481 e. The van der Waals surface area contributed by atoms with Crippen LogP contribution < -0.4 is 15.4 Å². The molecule has 0 aliphatic carbocycles. The van der Waals surface area contributed by atoms with Gasteiger partial charge in [0.2, 0.25) is 17.5 Å². The maximum atomic E-state index is 13.9. The van der Waals surface area contributed by atoms with Crippen LogP contribution in [0.2, 0.25) is 0 Å². The fourth-order valence-electron chi connectivity index (χ4n) is 4.67. The van der Waals surface area contributed by atoms with E-state index in [2.05, 4.69) is 15.4 Å². The van der Waals surface area contributed by atoms with Crippen molar-refractivity contribution in [2.45, 2.75) is 58.4 Å². The molecule has 0 bridgehead atoms. The quantitative estimate of drug-likeness (QED) is 0.220. The van der Waals surface area contributed by atoms with Crippen molar-refractivity contribution in [1.29, 1.82) is 0 Å². The highest BCUT2D eigenvalue weighted by Crippen LogP contribution is 2.33. The molecule has 0 aromatic heterocycles. The molecule has 0 saturated carbocycles. The topological polar surface area (TPSA) is 142 Å². The Hall–Kier alpha value is -4.49. The number of rotatable bonds is 9. The van der Waals surface area contributed by atoms with Crippen LogP contribution in [0.4, 0.5) is 23.2 Å². The van der Waals surface area contributed by atoms with Crippen LogP contribution in [0.1, 0.15) is 52.5 Å². The SMILES string of the molecule is CC1(C(=O)N[C@@H](CC(=O)O)C(=O)COc2c(F)c(F)cc(F)c2F)CCN(C(=O)C(=O)Nc2ccccc2C(C)(C)C)CC1. The van der Waals surface area contributed by atoms with E-state index in [1.54, 1.807) is 12.1 Å². The summed E-state index contributed by atoms with van der Waals surface area (Å²) in [5.74, 6) is -13.9. The maximum Gasteiger partial charge on any atom is 0.313 e. The monoisotopic (exact) mass is 623 g/mol. The number of aliphatic carboxylic acids is 1. The van der Waals surface area contributed by atoms with Crippen LogP contribution in [0.25, 0.3) is 0 Å². The first-order chi connectivity index (χ1) is 20.4. The Morgan fingerprint density at radius 2 is 1.57 bits per heavy atom. The highest BCUT2D eigenvalue weighted by molar-refractivity contribution is 6.39. The van der Waals surface area contributed by atoms with Crippen molar-refractivity contribution in [3.05, 3.63) is 59.2 Å². The van der Waals surface area contributed by atoms with Crippen molar-refractivity contribution >= 4 is 35.2 Å². The number of carboxylic acid groups (broad SMARTS) is 1. The molecular formula is C30H33F4N3O7. The molecule has 238 valence electrons. The van der Waals surface area contributed by atoms with Gasteiger partial charge in [-0.1, -0.05) is 45.9 Å². The highest BCUT2D eigenvalue weighted by atomic mass is 19.2. The lowest BCUT2D eigenvalue weighted by Gasteiger charge is -2.38. The zero-order valence-electron chi connectivity index (χ0n) is 24.6. The lowest BCUT2D eigenvalue weighted by Crippen LogP contribution is -2.54. The van der Waals surface area contributed by atoms with Gasteiger partial charge < -0.3 is 25.4 Å². The van der Waals surface area contributed by atoms with Crippen LogP contribution in [-0.2, 0) is 29.4 Å². The van der Waals surface area contributed by atoms with Gasteiger partial charge in [-0.05, 0) is 29.9 Å². The molecule has 14 heteroatoms. The molecule has 0 unspecified atom stereocenters. The van der Waals surface area contributed by atoms with E-state index in [4.69, 9.17) is 0 Å². The molecule has 10 nitrogen and oxygen atoms in total. The Kier molecular flexibility index (Phi) is 10.4. The zero-order valence-corrected chi connectivity index (χ0v) is 24.6. The number of halogens is 4. The summed E-state index contributed by atoms with van der Waals surface area (Å²) in [6.07, 6.45) is -0.812. The molecule has 3 rings (SSSR count). The molecule has 3 amide bonds. The summed E-state index contributed by atoms with van der Waals surface area (Å²) < 4.78 is 59.3. The number of benzene rings is 2. The van der Waals surface area contributed by atoms with Crippen LogP contribution in [0.5, 0.6) is 5.75 Å². The molecule has 1 fully saturated rings. The van der Waals surface area contributed by atoms with E-state index >= 15 is 0 Å².